The molecular weight excluding hydrogens is 548 g/mol. The molecule has 11 heteroatoms. The number of hydrogen-bond donors (Lipinski definition) is 3. The number of para-hydroxylation sites is 1. The molecule has 0 aromatic heterocycles. The van der Waals surface area contributed by atoms with Gasteiger partial charge in [0.15, 0.2) is 11.7 Å². The quantitative estimate of drug-likeness (QED) is 0.170. The highest BCUT2D eigenvalue weighted by molar-refractivity contribution is 9.10. The van der Waals surface area contributed by atoms with Crippen molar-refractivity contribution in [3.63, 3.8) is 0 Å². The predicted molar refractivity (Wildman–Crippen MR) is 144 cm³/mol. The average molecular weight is 575 g/mol. The van der Waals surface area contributed by atoms with Gasteiger partial charge < -0.3 is 24.8 Å². The molecule has 0 saturated heterocycles. The first-order valence-electron chi connectivity index (χ1n) is 11.2. The van der Waals surface area contributed by atoms with Crippen molar-refractivity contribution in [1.29, 1.82) is 0 Å². The van der Waals surface area contributed by atoms with Gasteiger partial charge in [-0.25, -0.2) is 10.2 Å². The Labute approximate surface area is 223 Å². The van der Waals surface area contributed by atoms with Crippen molar-refractivity contribution in [3.05, 3.63) is 69.3 Å². The molecule has 0 fully saturated rings. The molecule has 1 amide bonds. The SMILES string of the molecule is CCOC(=O)C1=C(C)NC(=S)N[C@@H]1c1ccccc1OCC(=O)NN=Cc1ccc(OCC)c(Br)c1. The second-order valence-electron chi connectivity index (χ2n) is 7.53. The highest BCUT2D eigenvalue weighted by Crippen LogP contribution is 2.33. The fraction of sp³-hybridized carbons (Fsp3) is 0.280. The summed E-state index contributed by atoms with van der Waals surface area (Å²) in [6.07, 6.45) is 1.52. The Morgan fingerprint density at radius 2 is 1.92 bits per heavy atom. The van der Waals surface area contributed by atoms with Crippen molar-refractivity contribution in [2.75, 3.05) is 19.8 Å². The van der Waals surface area contributed by atoms with Crippen LogP contribution in [0.15, 0.2) is 63.3 Å². The van der Waals surface area contributed by atoms with Crippen molar-refractivity contribution in [3.8, 4) is 11.5 Å². The summed E-state index contributed by atoms with van der Waals surface area (Å²) in [5.74, 6) is 0.234. The number of carbonyl (C=O) groups excluding carboxylic acids is 2. The molecule has 0 aliphatic carbocycles. The highest BCUT2D eigenvalue weighted by Gasteiger charge is 2.32. The number of halogens is 1. The molecular formula is C25H27BrN4O5S. The van der Waals surface area contributed by atoms with Crippen molar-refractivity contribution >= 4 is 51.4 Å². The molecule has 1 atom stereocenters. The van der Waals surface area contributed by atoms with E-state index < -0.39 is 17.9 Å². The van der Waals surface area contributed by atoms with Crippen LogP contribution >= 0.6 is 28.1 Å². The van der Waals surface area contributed by atoms with Crippen molar-refractivity contribution < 1.29 is 23.8 Å². The van der Waals surface area contributed by atoms with Gasteiger partial charge in [-0.3, -0.25) is 4.79 Å². The van der Waals surface area contributed by atoms with Gasteiger partial charge in [0, 0.05) is 11.3 Å². The molecule has 0 unspecified atom stereocenters. The van der Waals surface area contributed by atoms with Crippen LogP contribution in [-0.4, -0.2) is 43.0 Å². The number of rotatable bonds is 10. The minimum atomic E-state index is -0.604. The normalized spacial score (nSPS) is 15.2. The van der Waals surface area contributed by atoms with Gasteiger partial charge in [-0.1, -0.05) is 18.2 Å². The summed E-state index contributed by atoms with van der Waals surface area (Å²) in [6, 6.07) is 12.0. The van der Waals surface area contributed by atoms with Crippen LogP contribution in [0.1, 0.15) is 37.9 Å². The van der Waals surface area contributed by atoms with E-state index in [2.05, 4.69) is 37.1 Å². The number of allylic oxidation sites excluding steroid dienone is 1. The van der Waals surface area contributed by atoms with E-state index in [1.165, 1.54) is 6.21 Å². The summed E-state index contributed by atoms with van der Waals surface area (Å²) in [4.78, 5) is 25.0. The third-order valence-electron chi connectivity index (χ3n) is 5.01. The van der Waals surface area contributed by atoms with Crippen LogP contribution in [0.4, 0.5) is 0 Å². The summed E-state index contributed by atoms with van der Waals surface area (Å²) < 4.78 is 17.3. The van der Waals surface area contributed by atoms with E-state index >= 15 is 0 Å². The monoisotopic (exact) mass is 574 g/mol. The maximum absolute atomic E-state index is 12.6. The Bertz CT molecular complexity index is 1200. The molecule has 1 heterocycles. The lowest BCUT2D eigenvalue weighted by molar-refractivity contribution is -0.139. The van der Waals surface area contributed by atoms with Crippen LogP contribution in [0, 0.1) is 0 Å². The molecule has 1 aliphatic heterocycles. The number of hydrazone groups is 1. The summed E-state index contributed by atoms with van der Waals surface area (Å²) in [6.45, 7) is 5.92. The molecule has 0 radical (unpaired) electrons. The van der Waals surface area contributed by atoms with Gasteiger partial charge in [0.05, 0.1) is 35.5 Å². The molecule has 1 aliphatic rings. The number of nitrogens with one attached hydrogen (secondary N) is 3. The van der Waals surface area contributed by atoms with E-state index in [0.717, 1.165) is 15.8 Å². The summed E-state index contributed by atoms with van der Waals surface area (Å²) in [5, 5.41) is 10.4. The van der Waals surface area contributed by atoms with Crippen LogP contribution in [0.5, 0.6) is 11.5 Å². The van der Waals surface area contributed by atoms with Gasteiger partial charge in [0.25, 0.3) is 5.91 Å². The van der Waals surface area contributed by atoms with Gasteiger partial charge >= 0.3 is 5.97 Å². The Kier molecular flexibility index (Phi) is 9.83. The fourth-order valence-electron chi connectivity index (χ4n) is 3.48. The lowest BCUT2D eigenvalue weighted by Crippen LogP contribution is -2.45. The van der Waals surface area contributed by atoms with Crippen LogP contribution in [-0.2, 0) is 14.3 Å². The van der Waals surface area contributed by atoms with E-state index in [-0.39, 0.29) is 13.2 Å². The van der Waals surface area contributed by atoms with E-state index in [1.54, 1.807) is 32.0 Å². The minimum Gasteiger partial charge on any atom is -0.493 e. The zero-order valence-electron chi connectivity index (χ0n) is 20.1. The summed E-state index contributed by atoms with van der Waals surface area (Å²) in [5.41, 5.74) is 4.84. The maximum atomic E-state index is 12.6. The zero-order valence-corrected chi connectivity index (χ0v) is 22.5. The molecule has 2 aromatic rings. The van der Waals surface area contributed by atoms with E-state index in [0.29, 0.717) is 34.3 Å². The second kappa shape index (κ2) is 13.0. The number of carbonyl (C=O) groups is 2. The van der Waals surface area contributed by atoms with Gasteiger partial charge in [0.2, 0.25) is 0 Å². The smallest absolute Gasteiger partial charge is 0.338 e. The Hall–Kier alpha value is -3.44. The van der Waals surface area contributed by atoms with E-state index in [9.17, 15) is 9.59 Å². The first-order chi connectivity index (χ1) is 17.3. The van der Waals surface area contributed by atoms with Gasteiger partial charge in [-0.2, -0.15) is 5.10 Å². The topological polar surface area (TPSA) is 110 Å². The number of benzene rings is 2. The molecule has 2 aromatic carbocycles. The number of hydrogen-bond acceptors (Lipinski definition) is 7. The van der Waals surface area contributed by atoms with Crippen molar-refractivity contribution in [2.24, 2.45) is 5.10 Å². The molecule has 36 heavy (non-hydrogen) atoms. The van der Waals surface area contributed by atoms with E-state index in [4.69, 9.17) is 26.4 Å². The molecule has 0 spiro atoms. The van der Waals surface area contributed by atoms with Gasteiger partial charge in [-0.15, -0.1) is 0 Å². The van der Waals surface area contributed by atoms with Crippen LogP contribution in [0.3, 0.4) is 0 Å². The first kappa shape index (κ1) is 27.2. The van der Waals surface area contributed by atoms with Gasteiger partial charge in [0.1, 0.15) is 11.5 Å². The zero-order chi connectivity index (χ0) is 26.1. The average Bonchev–Trinajstić information content (AvgIpc) is 2.84. The number of nitrogens with zero attached hydrogens (tertiary/aromatic N) is 1. The predicted octanol–water partition coefficient (Wildman–Crippen LogP) is 3.73. The largest absolute Gasteiger partial charge is 0.493 e. The third kappa shape index (κ3) is 7.05. The van der Waals surface area contributed by atoms with Gasteiger partial charge in [-0.05, 0) is 78.7 Å². The number of esters is 1. The second-order valence-corrected chi connectivity index (χ2v) is 8.80. The number of amides is 1. The molecule has 0 bridgehead atoms. The highest BCUT2D eigenvalue weighted by atomic mass is 79.9. The molecule has 3 N–H and O–H groups in total. The number of ether oxygens (including phenoxy) is 3. The Balaban J connectivity index is 1.68. The Morgan fingerprint density at radius 3 is 2.64 bits per heavy atom. The molecule has 3 rings (SSSR count). The Morgan fingerprint density at radius 1 is 1.14 bits per heavy atom. The van der Waals surface area contributed by atoms with Crippen LogP contribution in [0.25, 0.3) is 0 Å². The molecule has 190 valence electrons. The summed E-state index contributed by atoms with van der Waals surface area (Å²) in [7, 11) is 0. The number of thiocarbonyl (C=S) groups is 1. The molecule has 0 saturated carbocycles. The minimum absolute atomic E-state index is 0.235. The fourth-order valence-corrected chi connectivity index (χ4v) is 4.26. The lowest BCUT2D eigenvalue weighted by atomic mass is 9.95. The summed E-state index contributed by atoms with van der Waals surface area (Å²) >= 11 is 8.74. The van der Waals surface area contributed by atoms with Crippen LogP contribution in [0.2, 0.25) is 0 Å². The van der Waals surface area contributed by atoms with Crippen molar-refractivity contribution in [1.82, 2.24) is 16.1 Å². The first-order valence-corrected chi connectivity index (χ1v) is 12.5. The lowest BCUT2D eigenvalue weighted by Gasteiger charge is -2.30. The van der Waals surface area contributed by atoms with E-state index in [1.807, 2.05) is 31.2 Å². The molecule has 9 nitrogen and oxygen atoms in total. The third-order valence-corrected chi connectivity index (χ3v) is 5.85. The standard InChI is InChI=1S/C25H27BrN4O5S/c1-4-33-20-11-10-16(12-18(20)26)13-27-30-21(31)14-35-19-9-7-6-8-17(19)23-22(24(32)34-5-2)15(3)28-25(36)29-23/h6-13,23H,4-5,14H2,1-3H3,(H,30,31)(H2,28,29,36)/t23-/m1/s1. The van der Waals surface area contributed by atoms with Crippen molar-refractivity contribution in [2.45, 2.75) is 26.8 Å². The van der Waals surface area contributed by atoms with Crippen LogP contribution < -0.4 is 25.5 Å². The maximum Gasteiger partial charge on any atom is 0.338 e.